The second-order valence-corrected chi connectivity index (χ2v) is 7.62. The molecule has 144 valence electrons. The molecule has 2 aromatic rings. The minimum Gasteiger partial charge on any atom is -0.339 e. The Morgan fingerprint density at radius 1 is 1.11 bits per heavy atom. The van der Waals surface area contributed by atoms with Gasteiger partial charge >= 0.3 is 0 Å². The van der Waals surface area contributed by atoms with Gasteiger partial charge in [0.1, 0.15) is 0 Å². The number of hydrogen-bond donors (Lipinski definition) is 1. The molecule has 2 fully saturated rings. The smallest absolute Gasteiger partial charge is 0.275 e. The SMILES string of the molecule is C[C@@H]1CCCCN1C(=O)CN1CCN(C(=O)c2n[nH]c3ccccc23)CC1. The zero-order valence-corrected chi connectivity index (χ0v) is 15.9. The Hall–Kier alpha value is -2.41. The first-order chi connectivity index (χ1) is 13.1. The van der Waals surface area contributed by atoms with Crippen molar-refractivity contribution in [3.8, 4) is 0 Å². The van der Waals surface area contributed by atoms with Crippen molar-refractivity contribution < 1.29 is 9.59 Å². The molecule has 0 unspecified atom stereocenters. The summed E-state index contributed by atoms with van der Waals surface area (Å²) in [5.74, 6) is 0.184. The molecule has 7 nitrogen and oxygen atoms in total. The van der Waals surface area contributed by atoms with E-state index in [2.05, 4.69) is 22.0 Å². The van der Waals surface area contributed by atoms with Gasteiger partial charge in [-0.05, 0) is 32.3 Å². The lowest BCUT2D eigenvalue weighted by molar-refractivity contribution is -0.136. The molecule has 1 aromatic heterocycles. The molecule has 1 atom stereocenters. The maximum Gasteiger partial charge on any atom is 0.275 e. The molecule has 2 amide bonds. The number of nitrogens with zero attached hydrogens (tertiary/aromatic N) is 4. The van der Waals surface area contributed by atoms with Gasteiger partial charge in [-0.15, -0.1) is 0 Å². The van der Waals surface area contributed by atoms with Crippen molar-refractivity contribution in [1.29, 1.82) is 0 Å². The van der Waals surface area contributed by atoms with Crippen molar-refractivity contribution >= 4 is 22.7 Å². The lowest BCUT2D eigenvalue weighted by atomic mass is 10.0. The lowest BCUT2D eigenvalue weighted by Gasteiger charge is -2.38. The number of rotatable bonds is 3. The van der Waals surface area contributed by atoms with E-state index < -0.39 is 0 Å². The number of benzene rings is 1. The maximum absolute atomic E-state index is 12.8. The summed E-state index contributed by atoms with van der Waals surface area (Å²) in [4.78, 5) is 31.5. The zero-order valence-electron chi connectivity index (χ0n) is 15.9. The molecule has 0 radical (unpaired) electrons. The molecule has 7 heteroatoms. The molecule has 3 heterocycles. The summed E-state index contributed by atoms with van der Waals surface area (Å²) in [7, 11) is 0. The highest BCUT2D eigenvalue weighted by atomic mass is 16.2. The van der Waals surface area contributed by atoms with E-state index in [1.807, 2.05) is 34.1 Å². The number of fused-ring (bicyclic) bond motifs is 1. The summed E-state index contributed by atoms with van der Waals surface area (Å²) in [6.45, 7) is 6.18. The van der Waals surface area contributed by atoms with Gasteiger partial charge < -0.3 is 9.80 Å². The van der Waals surface area contributed by atoms with Gasteiger partial charge in [0.25, 0.3) is 5.91 Å². The molecule has 0 aliphatic carbocycles. The second-order valence-electron chi connectivity index (χ2n) is 7.62. The van der Waals surface area contributed by atoms with Crippen molar-refractivity contribution in [3.63, 3.8) is 0 Å². The van der Waals surface area contributed by atoms with E-state index in [1.165, 1.54) is 6.42 Å². The molecular weight excluding hydrogens is 342 g/mol. The van der Waals surface area contributed by atoms with E-state index in [-0.39, 0.29) is 11.8 Å². The van der Waals surface area contributed by atoms with Gasteiger partial charge in [0.05, 0.1) is 12.1 Å². The van der Waals surface area contributed by atoms with Crippen LogP contribution in [0.2, 0.25) is 0 Å². The van der Waals surface area contributed by atoms with Crippen LogP contribution in [0, 0.1) is 0 Å². The van der Waals surface area contributed by atoms with Gasteiger partial charge in [-0.25, -0.2) is 0 Å². The average molecular weight is 369 g/mol. The molecule has 4 rings (SSSR count). The van der Waals surface area contributed by atoms with Gasteiger partial charge in [-0.1, -0.05) is 18.2 Å². The van der Waals surface area contributed by atoms with Crippen molar-refractivity contribution in [2.75, 3.05) is 39.3 Å². The molecule has 1 aromatic carbocycles. The monoisotopic (exact) mass is 369 g/mol. The van der Waals surface area contributed by atoms with Crippen LogP contribution in [-0.4, -0.2) is 82.0 Å². The number of aromatic amines is 1. The fraction of sp³-hybridized carbons (Fsp3) is 0.550. The van der Waals surface area contributed by atoms with Crippen molar-refractivity contribution in [1.82, 2.24) is 24.9 Å². The van der Waals surface area contributed by atoms with Crippen LogP contribution in [0.1, 0.15) is 36.7 Å². The van der Waals surface area contributed by atoms with Gasteiger partial charge in [0.15, 0.2) is 5.69 Å². The predicted molar refractivity (Wildman–Crippen MR) is 103 cm³/mol. The third kappa shape index (κ3) is 3.69. The van der Waals surface area contributed by atoms with E-state index >= 15 is 0 Å². The topological polar surface area (TPSA) is 72.5 Å². The van der Waals surface area contributed by atoms with Crippen LogP contribution in [0.4, 0.5) is 0 Å². The Kier molecular flexibility index (Phi) is 5.11. The van der Waals surface area contributed by atoms with Crippen molar-refractivity contribution in [3.05, 3.63) is 30.0 Å². The quantitative estimate of drug-likeness (QED) is 0.894. The van der Waals surface area contributed by atoms with Gasteiger partial charge in [0, 0.05) is 44.2 Å². The van der Waals surface area contributed by atoms with E-state index in [0.29, 0.717) is 31.4 Å². The highest BCUT2D eigenvalue weighted by Gasteiger charge is 2.28. The van der Waals surface area contributed by atoms with Crippen LogP contribution in [0.3, 0.4) is 0 Å². The first-order valence-electron chi connectivity index (χ1n) is 9.87. The fourth-order valence-electron chi connectivity index (χ4n) is 4.14. The third-order valence-electron chi connectivity index (χ3n) is 5.81. The Morgan fingerprint density at radius 2 is 1.89 bits per heavy atom. The number of piperidine rings is 1. The molecule has 0 spiro atoms. The Labute approximate surface area is 159 Å². The molecule has 1 N–H and O–H groups in total. The first kappa shape index (κ1) is 18.0. The van der Waals surface area contributed by atoms with Crippen molar-refractivity contribution in [2.45, 2.75) is 32.2 Å². The number of H-pyrrole nitrogens is 1. The molecule has 2 aliphatic heterocycles. The largest absolute Gasteiger partial charge is 0.339 e. The zero-order chi connectivity index (χ0) is 18.8. The number of likely N-dealkylation sites (tertiary alicyclic amines) is 1. The number of nitrogens with one attached hydrogen (secondary N) is 1. The van der Waals surface area contributed by atoms with Crippen LogP contribution < -0.4 is 0 Å². The molecular formula is C20H27N5O2. The number of aromatic nitrogens is 2. The predicted octanol–water partition coefficient (Wildman–Crippen LogP) is 1.72. The summed E-state index contributed by atoms with van der Waals surface area (Å²) < 4.78 is 0. The maximum atomic E-state index is 12.8. The van der Waals surface area contributed by atoms with Crippen LogP contribution in [-0.2, 0) is 4.79 Å². The van der Waals surface area contributed by atoms with Gasteiger partial charge in [0.2, 0.25) is 5.91 Å². The number of para-hydroxylation sites is 1. The van der Waals surface area contributed by atoms with Gasteiger partial charge in [-0.2, -0.15) is 5.10 Å². The van der Waals surface area contributed by atoms with Gasteiger partial charge in [-0.3, -0.25) is 19.6 Å². The molecule has 0 saturated carbocycles. The average Bonchev–Trinajstić information content (AvgIpc) is 3.12. The standard InChI is InChI=1S/C20H27N5O2/c1-15-6-4-5-9-25(15)18(26)14-23-10-12-24(13-11-23)20(27)19-16-7-2-3-8-17(16)21-22-19/h2-3,7-8,15H,4-6,9-14H2,1H3,(H,21,22)/t15-/m1/s1. The molecule has 2 aliphatic rings. The minimum atomic E-state index is -0.0388. The van der Waals surface area contributed by atoms with E-state index in [0.717, 1.165) is 43.4 Å². The second kappa shape index (κ2) is 7.68. The summed E-state index contributed by atoms with van der Waals surface area (Å²) in [5, 5.41) is 8.00. The van der Waals surface area contributed by atoms with E-state index in [4.69, 9.17) is 0 Å². The van der Waals surface area contributed by atoms with E-state index in [9.17, 15) is 9.59 Å². The summed E-state index contributed by atoms with van der Waals surface area (Å²) in [6, 6.07) is 8.03. The Morgan fingerprint density at radius 3 is 2.67 bits per heavy atom. The number of amides is 2. The first-order valence-corrected chi connectivity index (χ1v) is 9.87. The lowest BCUT2D eigenvalue weighted by Crippen LogP contribution is -2.53. The van der Waals surface area contributed by atoms with Crippen LogP contribution in [0.25, 0.3) is 10.9 Å². The molecule has 2 saturated heterocycles. The number of piperazine rings is 1. The summed E-state index contributed by atoms with van der Waals surface area (Å²) >= 11 is 0. The van der Waals surface area contributed by atoms with Crippen LogP contribution in [0.15, 0.2) is 24.3 Å². The van der Waals surface area contributed by atoms with Crippen LogP contribution >= 0.6 is 0 Å². The molecule has 0 bridgehead atoms. The highest BCUT2D eigenvalue weighted by Crippen LogP contribution is 2.19. The van der Waals surface area contributed by atoms with Crippen LogP contribution in [0.5, 0.6) is 0 Å². The third-order valence-corrected chi connectivity index (χ3v) is 5.81. The highest BCUT2D eigenvalue weighted by molar-refractivity contribution is 6.04. The number of hydrogen-bond acceptors (Lipinski definition) is 4. The van der Waals surface area contributed by atoms with Crippen molar-refractivity contribution in [2.24, 2.45) is 0 Å². The van der Waals surface area contributed by atoms with E-state index in [1.54, 1.807) is 0 Å². The minimum absolute atomic E-state index is 0.0388. The number of carbonyl (C=O) groups is 2. The number of carbonyl (C=O) groups excluding carboxylic acids is 2. The summed E-state index contributed by atoms with van der Waals surface area (Å²) in [6.07, 6.45) is 3.43. The fourth-order valence-corrected chi connectivity index (χ4v) is 4.14. The Balaban J connectivity index is 1.33. The normalized spacial score (nSPS) is 21.6. The molecule has 27 heavy (non-hydrogen) atoms. The summed E-state index contributed by atoms with van der Waals surface area (Å²) in [5.41, 5.74) is 1.36. The Bertz CT molecular complexity index is 825.